The molecule has 0 atom stereocenters. The molecule has 1 heterocycles. The van der Waals surface area contributed by atoms with Crippen LogP contribution in [-0.4, -0.2) is 15.5 Å². The van der Waals surface area contributed by atoms with E-state index in [1.54, 1.807) is 25.1 Å². The lowest BCUT2D eigenvalue weighted by atomic mass is 10.2. The van der Waals surface area contributed by atoms with Crippen molar-refractivity contribution < 1.29 is 9.18 Å². The molecule has 1 saturated carbocycles. The van der Waals surface area contributed by atoms with Gasteiger partial charge in [0.05, 0.1) is 22.3 Å². The highest BCUT2D eigenvalue weighted by atomic mass is 19.1. The van der Waals surface area contributed by atoms with Crippen LogP contribution < -0.4 is 10.9 Å². The maximum Gasteiger partial charge on any atom is 0.265 e. The third kappa shape index (κ3) is 2.80. The van der Waals surface area contributed by atoms with Crippen molar-refractivity contribution in [1.82, 2.24) is 9.55 Å². The van der Waals surface area contributed by atoms with E-state index >= 15 is 0 Å². The Morgan fingerprint density at radius 1 is 1.24 bits per heavy atom. The molecule has 1 aliphatic rings. The number of halogens is 1. The molecule has 0 saturated heterocycles. The Bertz CT molecular complexity index is 1050. The molecule has 1 amide bonds. The molecule has 25 heavy (non-hydrogen) atoms. The number of nitrogens with one attached hydrogen (secondary N) is 1. The van der Waals surface area contributed by atoms with Crippen LogP contribution in [0.1, 0.15) is 18.7 Å². The van der Waals surface area contributed by atoms with Gasteiger partial charge in [0.15, 0.2) is 0 Å². The minimum atomic E-state index is -0.530. The first-order chi connectivity index (χ1) is 12.0. The molecule has 0 radical (unpaired) electrons. The second-order valence-corrected chi connectivity index (χ2v) is 6.24. The third-order valence-electron chi connectivity index (χ3n) is 4.36. The van der Waals surface area contributed by atoms with Gasteiger partial charge in [-0.2, -0.15) is 0 Å². The number of carbonyl (C=O) groups excluding carboxylic acids is 1. The molecule has 0 aliphatic heterocycles. The summed E-state index contributed by atoms with van der Waals surface area (Å²) in [6.45, 7) is 1.72. The molecule has 1 N–H and O–H groups in total. The predicted molar refractivity (Wildman–Crippen MR) is 93.4 cm³/mol. The number of rotatable bonds is 3. The summed E-state index contributed by atoms with van der Waals surface area (Å²) in [5.74, 6) is -0.251. The summed E-state index contributed by atoms with van der Waals surface area (Å²) in [6, 6.07) is 11.3. The first-order valence-electron chi connectivity index (χ1n) is 8.14. The Kier molecular flexibility index (Phi) is 3.60. The van der Waals surface area contributed by atoms with Gasteiger partial charge in [-0.3, -0.25) is 14.2 Å². The summed E-state index contributed by atoms with van der Waals surface area (Å²) in [4.78, 5) is 29.2. The number of carbonyl (C=O) groups is 1. The molecule has 0 spiro atoms. The van der Waals surface area contributed by atoms with Crippen LogP contribution in [-0.2, 0) is 4.79 Å². The van der Waals surface area contributed by atoms with Gasteiger partial charge >= 0.3 is 0 Å². The number of nitrogens with zero attached hydrogens (tertiary/aromatic N) is 2. The summed E-state index contributed by atoms with van der Waals surface area (Å²) < 4.78 is 15.5. The highest BCUT2D eigenvalue weighted by Gasteiger charge is 2.30. The maximum absolute atomic E-state index is 14.1. The van der Waals surface area contributed by atoms with Gasteiger partial charge in [0.1, 0.15) is 11.6 Å². The van der Waals surface area contributed by atoms with E-state index < -0.39 is 5.82 Å². The summed E-state index contributed by atoms with van der Waals surface area (Å²) in [5.41, 5.74) is 0.932. The lowest BCUT2D eigenvalue weighted by Gasteiger charge is -2.13. The van der Waals surface area contributed by atoms with Crippen LogP contribution in [0, 0.1) is 18.7 Å². The Labute approximate surface area is 143 Å². The van der Waals surface area contributed by atoms with Crippen LogP contribution in [0.4, 0.5) is 10.1 Å². The summed E-state index contributed by atoms with van der Waals surface area (Å²) in [6.07, 6.45) is 1.67. The zero-order chi connectivity index (χ0) is 17.6. The fourth-order valence-corrected chi connectivity index (χ4v) is 2.88. The Morgan fingerprint density at radius 3 is 2.76 bits per heavy atom. The molecule has 5 nitrogen and oxygen atoms in total. The Balaban J connectivity index is 1.83. The number of para-hydroxylation sites is 1. The number of aromatic nitrogens is 2. The van der Waals surface area contributed by atoms with Crippen molar-refractivity contribution in [3.63, 3.8) is 0 Å². The number of hydrogen-bond acceptors (Lipinski definition) is 3. The molecule has 0 bridgehead atoms. The van der Waals surface area contributed by atoms with E-state index in [2.05, 4.69) is 10.3 Å². The molecule has 1 aliphatic carbocycles. The van der Waals surface area contributed by atoms with E-state index in [1.807, 2.05) is 6.07 Å². The van der Waals surface area contributed by atoms with Crippen molar-refractivity contribution in [1.29, 1.82) is 0 Å². The normalized spacial score (nSPS) is 13.8. The fourth-order valence-electron chi connectivity index (χ4n) is 2.88. The first-order valence-corrected chi connectivity index (χ1v) is 8.14. The molecule has 4 rings (SSSR count). The van der Waals surface area contributed by atoms with Crippen molar-refractivity contribution in [2.45, 2.75) is 19.8 Å². The number of amides is 1. The van der Waals surface area contributed by atoms with Crippen LogP contribution in [0.5, 0.6) is 0 Å². The van der Waals surface area contributed by atoms with Gasteiger partial charge in [-0.15, -0.1) is 0 Å². The van der Waals surface area contributed by atoms with Gasteiger partial charge in [0.2, 0.25) is 5.91 Å². The van der Waals surface area contributed by atoms with E-state index in [9.17, 15) is 14.0 Å². The predicted octanol–water partition coefficient (Wildman–Crippen LogP) is 3.18. The lowest BCUT2D eigenvalue weighted by molar-refractivity contribution is -0.117. The summed E-state index contributed by atoms with van der Waals surface area (Å²) in [7, 11) is 0. The lowest BCUT2D eigenvalue weighted by Crippen LogP contribution is -2.22. The van der Waals surface area contributed by atoms with Crippen LogP contribution in [0.25, 0.3) is 16.6 Å². The second-order valence-electron chi connectivity index (χ2n) is 6.24. The SMILES string of the molecule is Cc1nc2ccccc2c(=O)n1-c1ccc(F)c(NC(=O)C2CC2)c1. The molecule has 1 fully saturated rings. The van der Waals surface area contributed by atoms with E-state index in [0.29, 0.717) is 22.4 Å². The van der Waals surface area contributed by atoms with Gasteiger partial charge in [-0.05, 0) is 50.1 Å². The second kappa shape index (κ2) is 5.81. The average molecular weight is 337 g/mol. The Morgan fingerprint density at radius 2 is 2.00 bits per heavy atom. The van der Waals surface area contributed by atoms with Gasteiger partial charge in [-0.25, -0.2) is 9.37 Å². The van der Waals surface area contributed by atoms with Crippen LogP contribution in [0.2, 0.25) is 0 Å². The zero-order valence-corrected chi connectivity index (χ0v) is 13.6. The molecular weight excluding hydrogens is 321 g/mol. The van der Waals surface area contributed by atoms with Crippen LogP contribution in [0.15, 0.2) is 47.3 Å². The quantitative estimate of drug-likeness (QED) is 0.798. The van der Waals surface area contributed by atoms with Crippen LogP contribution >= 0.6 is 0 Å². The topological polar surface area (TPSA) is 64.0 Å². The Hall–Kier alpha value is -3.02. The molecule has 2 aromatic carbocycles. The molecule has 3 aromatic rings. The van der Waals surface area contributed by atoms with Crippen molar-refractivity contribution in [2.75, 3.05) is 5.32 Å². The molecule has 6 heteroatoms. The molecular formula is C19H16FN3O2. The van der Waals surface area contributed by atoms with E-state index in [4.69, 9.17) is 0 Å². The summed E-state index contributed by atoms with van der Waals surface area (Å²) >= 11 is 0. The average Bonchev–Trinajstić information content (AvgIpc) is 3.43. The number of aryl methyl sites for hydroxylation is 1. The van der Waals surface area contributed by atoms with E-state index in [1.165, 1.54) is 22.8 Å². The summed E-state index contributed by atoms with van der Waals surface area (Å²) in [5, 5.41) is 3.10. The van der Waals surface area contributed by atoms with Crippen molar-refractivity contribution >= 4 is 22.5 Å². The molecule has 1 aromatic heterocycles. The monoisotopic (exact) mass is 337 g/mol. The zero-order valence-electron chi connectivity index (χ0n) is 13.6. The van der Waals surface area contributed by atoms with Gasteiger partial charge in [-0.1, -0.05) is 12.1 Å². The van der Waals surface area contributed by atoms with Gasteiger partial charge < -0.3 is 5.32 Å². The van der Waals surface area contributed by atoms with Crippen molar-refractivity contribution in [3.8, 4) is 5.69 Å². The standard InChI is InChI=1S/C19H16FN3O2/c1-11-21-16-5-3-2-4-14(16)19(25)23(11)13-8-9-15(20)17(10-13)22-18(24)12-6-7-12/h2-5,8-10,12H,6-7H2,1H3,(H,22,24). The van der Waals surface area contributed by atoms with Crippen molar-refractivity contribution in [2.24, 2.45) is 5.92 Å². The fraction of sp³-hybridized carbons (Fsp3) is 0.211. The van der Waals surface area contributed by atoms with Gasteiger partial charge in [0.25, 0.3) is 5.56 Å². The van der Waals surface area contributed by atoms with Crippen LogP contribution in [0.3, 0.4) is 0 Å². The highest BCUT2D eigenvalue weighted by molar-refractivity contribution is 5.94. The minimum absolute atomic E-state index is 0.0325. The first kappa shape index (κ1) is 15.5. The van der Waals surface area contributed by atoms with E-state index in [-0.39, 0.29) is 23.1 Å². The van der Waals surface area contributed by atoms with E-state index in [0.717, 1.165) is 12.8 Å². The molecule has 0 unspecified atom stereocenters. The highest BCUT2D eigenvalue weighted by Crippen LogP contribution is 2.31. The number of fused-ring (bicyclic) bond motifs is 1. The molecule has 126 valence electrons. The maximum atomic E-state index is 14.1. The van der Waals surface area contributed by atoms with Crippen molar-refractivity contribution in [3.05, 3.63) is 64.5 Å². The largest absolute Gasteiger partial charge is 0.323 e. The number of anilines is 1. The minimum Gasteiger partial charge on any atom is -0.323 e. The van der Waals surface area contributed by atoms with Gasteiger partial charge in [0, 0.05) is 5.92 Å². The number of benzene rings is 2. The smallest absolute Gasteiger partial charge is 0.265 e. The number of hydrogen-bond donors (Lipinski definition) is 1. The third-order valence-corrected chi connectivity index (χ3v) is 4.36.